The van der Waals surface area contributed by atoms with Gasteiger partial charge in [-0.3, -0.25) is 14.5 Å². The Kier molecular flexibility index (Phi) is 9.36. The van der Waals surface area contributed by atoms with Crippen molar-refractivity contribution in [3.05, 3.63) is 64.3 Å². The molecule has 0 radical (unpaired) electrons. The second kappa shape index (κ2) is 12.5. The van der Waals surface area contributed by atoms with Crippen molar-refractivity contribution in [3.63, 3.8) is 0 Å². The summed E-state index contributed by atoms with van der Waals surface area (Å²) in [5.41, 5.74) is 5.32. The van der Waals surface area contributed by atoms with Gasteiger partial charge in [-0.15, -0.1) is 0 Å². The standard InChI is InChI=1S/C31H40F3N3O2/c1-4-37(24-15-13-23(14-16-24)36(3)20-31(32,33)34)28-12-8-11-26-25(28)10-7-5-6-9-22-17-21(2)18-29(38)27(22)19-35-30(26)39/h5,7-8,11-12,17,23-24H,4,6,9-10,13-16,18-20H2,1-3H3,(H,35,39)/b7-5+. The number of halogens is 3. The molecule has 1 N–H and O–H groups in total. The number of fused-ring (bicyclic) bond motifs is 1. The summed E-state index contributed by atoms with van der Waals surface area (Å²) in [4.78, 5) is 30.0. The third-order valence-electron chi connectivity index (χ3n) is 8.28. The van der Waals surface area contributed by atoms with Crippen molar-refractivity contribution < 1.29 is 22.8 Å². The van der Waals surface area contributed by atoms with Gasteiger partial charge < -0.3 is 10.2 Å². The van der Waals surface area contributed by atoms with E-state index in [0.29, 0.717) is 36.8 Å². The van der Waals surface area contributed by atoms with Gasteiger partial charge in [0.15, 0.2) is 5.78 Å². The highest BCUT2D eigenvalue weighted by Crippen LogP contribution is 2.34. The van der Waals surface area contributed by atoms with Crippen LogP contribution in [0.2, 0.25) is 0 Å². The molecule has 1 saturated carbocycles. The zero-order valence-corrected chi connectivity index (χ0v) is 23.2. The third kappa shape index (κ3) is 7.21. The number of Topliss-reactive ketones (excluding diaryl/α,β-unsaturated/α-hetero) is 1. The molecule has 212 valence electrons. The van der Waals surface area contributed by atoms with Crippen LogP contribution in [0.5, 0.6) is 0 Å². The number of carbonyl (C=O) groups excluding carboxylic acids is 2. The Morgan fingerprint density at radius 1 is 1.05 bits per heavy atom. The van der Waals surface area contributed by atoms with E-state index in [9.17, 15) is 22.8 Å². The van der Waals surface area contributed by atoms with Gasteiger partial charge >= 0.3 is 6.18 Å². The lowest BCUT2D eigenvalue weighted by Gasteiger charge is -2.41. The highest BCUT2D eigenvalue weighted by atomic mass is 19.4. The first-order valence-corrected chi connectivity index (χ1v) is 14.1. The molecule has 0 bridgehead atoms. The molecule has 0 atom stereocenters. The summed E-state index contributed by atoms with van der Waals surface area (Å²) in [6.07, 6.45) is 7.74. The van der Waals surface area contributed by atoms with E-state index < -0.39 is 12.7 Å². The number of allylic oxidation sites excluding steroid dienone is 5. The Morgan fingerprint density at radius 3 is 2.46 bits per heavy atom. The summed E-state index contributed by atoms with van der Waals surface area (Å²) in [6, 6.07) is 5.92. The van der Waals surface area contributed by atoms with Gasteiger partial charge in [-0.05, 0) is 89.1 Å². The van der Waals surface area contributed by atoms with Gasteiger partial charge in [0.05, 0.1) is 6.54 Å². The van der Waals surface area contributed by atoms with Crippen molar-refractivity contribution in [2.45, 2.75) is 83.5 Å². The van der Waals surface area contributed by atoms with Crippen molar-refractivity contribution in [2.24, 2.45) is 0 Å². The van der Waals surface area contributed by atoms with Gasteiger partial charge in [0, 0.05) is 48.4 Å². The zero-order chi connectivity index (χ0) is 28.2. The fourth-order valence-corrected chi connectivity index (χ4v) is 6.35. The minimum Gasteiger partial charge on any atom is -0.369 e. The first kappa shape index (κ1) is 29.1. The molecule has 8 heteroatoms. The van der Waals surface area contributed by atoms with E-state index in [1.807, 2.05) is 19.1 Å². The Labute approximate surface area is 229 Å². The highest BCUT2D eigenvalue weighted by Gasteiger charge is 2.35. The highest BCUT2D eigenvalue weighted by molar-refractivity contribution is 6.02. The molecule has 2 aliphatic carbocycles. The number of alkyl halides is 3. The number of hydrogen-bond acceptors (Lipinski definition) is 4. The molecule has 5 nitrogen and oxygen atoms in total. The maximum Gasteiger partial charge on any atom is 0.401 e. The average molecular weight is 544 g/mol. The van der Waals surface area contributed by atoms with Crippen LogP contribution in [0, 0.1) is 0 Å². The number of hydrogen-bond donors (Lipinski definition) is 1. The zero-order valence-electron chi connectivity index (χ0n) is 23.2. The molecule has 0 spiro atoms. The summed E-state index contributed by atoms with van der Waals surface area (Å²) < 4.78 is 38.7. The first-order valence-electron chi connectivity index (χ1n) is 14.1. The molecule has 0 saturated heterocycles. The Hall–Kier alpha value is -2.87. The number of anilines is 1. The van der Waals surface area contributed by atoms with E-state index in [0.717, 1.165) is 54.6 Å². The monoisotopic (exact) mass is 543 g/mol. The van der Waals surface area contributed by atoms with Gasteiger partial charge in [-0.1, -0.05) is 29.9 Å². The smallest absolute Gasteiger partial charge is 0.369 e. The maximum atomic E-state index is 13.4. The van der Waals surface area contributed by atoms with E-state index in [4.69, 9.17) is 0 Å². The molecule has 3 aliphatic rings. The molecule has 39 heavy (non-hydrogen) atoms. The van der Waals surface area contributed by atoms with Gasteiger partial charge in [0.2, 0.25) is 0 Å². The summed E-state index contributed by atoms with van der Waals surface area (Å²) >= 11 is 0. The average Bonchev–Trinajstić information content (AvgIpc) is 2.87. The number of nitrogens with one attached hydrogen (secondary N) is 1. The van der Waals surface area contributed by atoms with Crippen LogP contribution in [0.25, 0.3) is 0 Å². The lowest BCUT2D eigenvalue weighted by molar-refractivity contribution is -0.148. The quantitative estimate of drug-likeness (QED) is 0.452. The molecule has 0 aromatic heterocycles. The number of carbonyl (C=O) groups is 2. The molecule has 1 heterocycles. The van der Waals surface area contributed by atoms with E-state index in [1.54, 1.807) is 7.05 Å². The Balaban J connectivity index is 1.55. The third-order valence-corrected chi connectivity index (χ3v) is 8.28. The van der Waals surface area contributed by atoms with Crippen LogP contribution in [0.1, 0.15) is 74.7 Å². The van der Waals surface area contributed by atoms with E-state index in [-0.39, 0.29) is 30.3 Å². The van der Waals surface area contributed by atoms with Gasteiger partial charge in [0.1, 0.15) is 0 Å². The van der Waals surface area contributed by atoms with Crippen LogP contribution in [0.3, 0.4) is 0 Å². The van der Waals surface area contributed by atoms with Crippen molar-refractivity contribution in [3.8, 4) is 0 Å². The SMILES string of the molecule is CCN(c1cccc2c1C/C=C/CCC1=C(CNC2=O)C(=O)CC(C)=C1)C1CCC(N(C)CC(F)(F)F)CC1. The second-order valence-electron chi connectivity index (χ2n) is 11.1. The van der Waals surface area contributed by atoms with E-state index in [1.165, 1.54) is 4.90 Å². The fourth-order valence-electron chi connectivity index (χ4n) is 6.35. The predicted molar refractivity (Wildman–Crippen MR) is 149 cm³/mol. The summed E-state index contributed by atoms with van der Waals surface area (Å²) in [6.45, 7) is 4.14. The van der Waals surface area contributed by atoms with Crippen LogP contribution in [0.4, 0.5) is 18.9 Å². The van der Waals surface area contributed by atoms with Crippen molar-refractivity contribution >= 4 is 17.4 Å². The lowest BCUT2D eigenvalue weighted by Crippen LogP contribution is -2.45. The molecule has 1 fully saturated rings. The van der Waals surface area contributed by atoms with E-state index >= 15 is 0 Å². The first-order chi connectivity index (χ1) is 18.6. The van der Waals surface area contributed by atoms with E-state index in [2.05, 4.69) is 41.4 Å². The fraction of sp³-hybridized carbons (Fsp3) is 0.548. The van der Waals surface area contributed by atoms with Crippen LogP contribution in [0.15, 0.2) is 53.1 Å². The number of benzene rings is 1. The predicted octanol–water partition coefficient (Wildman–Crippen LogP) is 6.16. The van der Waals surface area contributed by atoms with Gasteiger partial charge in [-0.2, -0.15) is 13.2 Å². The van der Waals surface area contributed by atoms with Crippen LogP contribution < -0.4 is 10.2 Å². The molecular weight excluding hydrogens is 503 g/mol. The second-order valence-corrected chi connectivity index (χ2v) is 11.1. The summed E-state index contributed by atoms with van der Waals surface area (Å²) in [5, 5.41) is 3.01. The topological polar surface area (TPSA) is 52.7 Å². The lowest BCUT2D eigenvalue weighted by atomic mass is 9.88. The van der Waals surface area contributed by atoms with Crippen molar-refractivity contribution in [2.75, 3.05) is 31.6 Å². The maximum absolute atomic E-state index is 13.4. The molecule has 1 aromatic carbocycles. The molecular formula is C31H40F3N3O2. The largest absolute Gasteiger partial charge is 0.401 e. The number of amides is 1. The molecule has 1 amide bonds. The summed E-state index contributed by atoms with van der Waals surface area (Å²) in [7, 11) is 1.56. The number of rotatable bonds is 5. The Morgan fingerprint density at radius 2 is 1.77 bits per heavy atom. The van der Waals surface area contributed by atoms with Crippen LogP contribution in [-0.4, -0.2) is 61.5 Å². The van der Waals surface area contributed by atoms with Gasteiger partial charge in [-0.25, -0.2) is 0 Å². The molecule has 1 aliphatic heterocycles. The normalized spacial score (nSPS) is 23.7. The van der Waals surface area contributed by atoms with Crippen molar-refractivity contribution in [1.82, 2.24) is 10.2 Å². The Bertz CT molecular complexity index is 1160. The molecule has 0 unspecified atom stereocenters. The minimum atomic E-state index is -4.19. The molecule has 4 rings (SSSR count). The number of ketones is 1. The number of nitrogens with zero attached hydrogens (tertiary/aromatic N) is 2. The summed E-state index contributed by atoms with van der Waals surface area (Å²) in [5.74, 6) is -0.116. The molecule has 1 aromatic rings. The van der Waals surface area contributed by atoms with Gasteiger partial charge in [0.25, 0.3) is 5.91 Å². The van der Waals surface area contributed by atoms with Crippen molar-refractivity contribution in [1.29, 1.82) is 0 Å². The minimum absolute atomic E-state index is 0.0769. The van der Waals surface area contributed by atoms with Crippen LogP contribution >= 0.6 is 0 Å². The van der Waals surface area contributed by atoms with Crippen LogP contribution in [-0.2, 0) is 11.2 Å².